The van der Waals surface area contributed by atoms with Crippen LogP contribution in [0.25, 0.3) is 0 Å². The molecule has 4 atom stereocenters. The molecule has 0 aromatic heterocycles. The first-order chi connectivity index (χ1) is 4.23. The van der Waals surface area contributed by atoms with Crippen molar-refractivity contribution in [3.05, 3.63) is 0 Å². The lowest BCUT2D eigenvalue weighted by atomic mass is 9.65. The molecule has 3 heteroatoms. The molecule has 2 heterocycles. The third kappa shape index (κ3) is 0.237. The molecule has 0 radical (unpaired) electrons. The highest BCUT2D eigenvalue weighted by atomic mass is 16.6. The lowest BCUT2D eigenvalue weighted by Crippen LogP contribution is -2.73. The molecular formula is C6H7NO2. The molecule has 3 nitrogen and oxygen atoms in total. The average molecular weight is 125 g/mol. The summed E-state index contributed by atoms with van der Waals surface area (Å²) in [7, 11) is 0. The number of hydrogen-bond acceptors (Lipinski definition) is 2. The van der Waals surface area contributed by atoms with Gasteiger partial charge in [-0.2, -0.15) is 0 Å². The highest BCUT2D eigenvalue weighted by molar-refractivity contribution is 5.91. The van der Waals surface area contributed by atoms with Crippen molar-refractivity contribution in [2.45, 2.75) is 24.7 Å². The van der Waals surface area contributed by atoms with Crippen LogP contribution in [0.5, 0.6) is 0 Å². The summed E-state index contributed by atoms with van der Waals surface area (Å²) in [5, 5.41) is 2.81. The summed E-state index contributed by atoms with van der Waals surface area (Å²) < 4.78 is 5.29. The van der Waals surface area contributed by atoms with E-state index in [2.05, 4.69) is 12.2 Å². The Balaban J connectivity index is 1.97. The zero-order chi connectivity index (χ0) is 6.22. The van der Waals surface area contributed by atoms with E-state index in [9.17, 15) is 4.79 Å². The van der Waals surface area contributed by atoms with Crippen LogP contribution in [0.1, 0.15) is 6.92 Å². The first-order valence-electron chi connectivity index (χ1n) is 3.22. The first-order valence-corrected chi connectivity index (χ1v) is 3.22. The summed E-state index contributed by atoms with van der Waals surface area (Å²) >= 11 is 0. The molecule has 2 aliphatic heterocycles. The number of amides is 1. The number of ether oxygens (including phenoxy) is 1. The maximum Gasteiger partial charge on any atom is 0.228 e. The highest BCUT2D eigenvalue weighted by Gasteiger charge is 2.80. The molecule has 9 heavy (non-hydrogen) atoms. The van der Waals surface area contributed by atoms with Crippen LogP contribution in [0, 0.1) is 5.92 Å². The molecule has 0 aromatic carbocycles. The first kappa shape index (κ1) is 4.28. The summed E-state index contributed by atoms with van der Waals surface area (Å²) in [6, 6.07) is 0.356. The molecule has 2 saturated heterocycles. The standard InChI is InChI=1S/C6H7NO2/c1-6-3-2(4(6)9-6)5(8)7-3/h2-4H,1H3,(H,7,8). The summed E-state index contributed by atoms with van der Waals surface area (Å²) in [4.78, 5) is 10.7. The molecule has 3 aliphatic rings. The van der Waals surface area contributed by atoms with Gasteiger partial charge in [0, 0.05) is 0 Å². The van der Waals surface area contributed by atoms with Crippen LogP contribution in [0.3, 0.4) is 0 Å². The van der Waals surface area contributed by atoms with Crippen molar-refractivity contribution in [1.82, 2.24) is 5.32 Å². The Labute approximate surface area is 52.4 Å². The van der Waals surface area contributed by atoms with Crippen molar-refractivity contribution in [3.63, 3.8) is 0 Å². The fourth-order valence-corrected chi connectivity index (χ4v) is 2.01. The highest BCUT2D eigenvalue weighted by Crippen LogP contribution is 2.60. The molecular weight excluding hydrogens is 118 g/mol. The van der Waals surface area contributed by atoms with Gasteiger partial charge < -0.3 is 10.1 Å². The Bertz CT molecular complexity index is 215. The van der Waals surface area contributed by atoms with Crippen molar-refractivity contribution in [1.29, 1.82) is 0 Å². The Morgan fingerprint density at radius 3 is 3.00 bits per heavy atom. The second-order valence-corrected chi connectivity index (χ2v) is 3.23. The number of rotatable bonds is 0. The van der Waals surface area contributed by atoms with Crippen LogP contribution < -0.4 is 5.32 Å². The van der Waals surface area contributed by atoms with E-state index in [1.54, 1.807) is 0 Å². The van der Waals surface area contributed by atoms with E-state index in [0.717, 1.165) is 0 Å². The molecule has 3 rings (SSSR count). The lowest BCUT2D eigenvalue weighted by Gasteiger charge is -2.45. The van der Waals surface area contributed by atoms with Crippen molar-refractivity contribution >= 4 is 5.91 Å². The Morgan fingerprint density at radius 1 is 1.78 bits per heavy atom. The molecule has 1 N–H and O–H groups in total. The molecule has 1 amide bonds. The van der Waals surface area contributed by atoms with Gasteiger partial charge in [0.15, 0.2) is 0 Å². The van der Waals surface area contributed by atoms with E-state index in [0.29, 0.717) is 6.04 Å². The smallest absolute Gasteiger partial charge is 0.228 e. The molecule has 1 saturated carbocycles. The largest absolute Gasteiger partial charge is 0.363 e. The van der Waals surface area contributed by atoms with Crippen LogP contribution in [-0.4, -0.2) is 23.7 Å². The molecule has 4 unspecified atom stereocenters. The van der Waals surface area contributed by atoms with Crippen LogP contribution in [0.4, 0.5) is 0 Å². The fraction of sp³-hybridized carbons (Fsp3) is 0.833. The number of carbonyl (C=O) groups is 1. The Kier molecular flexibility index (Phi) is 0.387. The normalized spacial score (nSPS) is 66.3. The Morgan fingerprint density at radius 2 is 2.56 bits per heavy atom. The topological polar surface area (TPSA) is 41.6 Å². The van der Waals surface area contributed by atoms with Crippen LogP contribution >= 0.6 is 0 Å². The number of hydrogen-bond donors (Lipinski definition) is 1. The maximum absolute atomic E-state index is 10.7. The van der Waals surface area contributed by atoms with Crippen molar-refractivity contribution in [2.75, 3.05) is 0 Å². The van der Waals surface area contributed by atoms with Crippen molar-refractivity contribution in [2.24, 2.45) is 5.92 Å². The van der Waals surface area contributed by atoms with Gasteiger partial charge in [0.05, 0.1) is 12.0 Å². The fourth-order valence-electron chi connectivity index (χ4n) is 2.01. The minimum absolute atomic E-state index is 0.0541. The van der Waals surface area contributed by atoms with Gasteiger partial charge in [0.2, 0.25) is 5.91 Å². The van der Waals surface area contributed by atoms with Gasteiger partial charge in [-0.1, -0.05) is 0 Å². The number of β-lactam (4-membered cyclic amide) rings is 1. The average Bonchev–Trinajstić information content (AvgIpc) is 2.31. The lowest BCUT2D eigenvalue weighted by molar-refractivity contribution is -0.140. The molecule has 0 aromatic rings. The third-order valence-electron chi connectivity index (χ3n) is 2.79. The van der Waals surface area contributed by atoms with E-state index in [1.165, 1.54) is 0 Å². The molecule has 0 spiro atoms. The minimum Gasteiger partial charge on any atom is -0.363 e. The van der Waals surface area contributed by atoms with Crippen molar-refractivity contribution in [3.8, 4) is 0 Å². The summed E-state index contributed by atoms with van der Waals surface area (Å²) in [5.74, 6) is 0.398. The van der Waals surface area contributed by atoms with Gasteiger partial charge in [-0.3, -0.25) is 4.79 Å². The SMILES string of the molecule is CC12OC1C1C(=O)NC12. The van der Waals surface area contributed by atoms with Gasteiger partial charge in [-0.15, -0.1) is 0 Å². The molecule has 1 aliphatic carbocycles. The van der Waals surface area contributed by atoms with Gasteiger partial charge >= 0.3 is 0 Å². The second kappa shape index (κ2) is 0.814. The quantitative estimate of drug-likeness (QED) is 0.342. The zero-order valence-corrected chi connectivity index (χ0v) is 5.05. The summed E-state index contributed by atoms with van der Waals surface area (Å²) in [6.45, 7) is 2.05. The monoisotopic (exact) mass is 125 g/mol. The van der Waals surface area contributed by atoms with Crippen LogP contribution in [-0.2, 0) is 9.53 Å². The number of epoxide rings is 1. The zero-order valence-electron chi connectivity index (χ0n) is 5.05. The molecule has 0 bridgehead atoms. The molecule has 3 fully saturated rings. The van der Waals surface area contributed by atoms with E-state index >= 15 is 0 Å². The van der Waals surface area contributed by atoms with Gasteiger partial charge in [-0.25, -0.2) is 0 Å². The Hall–Kier alpha value is -0.570. The maximum atomic E-state index is 10.7. The summed E-state index contributed by atoms with van der Waals surface area (Å²) in [5.41, 5.74) is 0.0541. The van der Waals surface area contributed by atoms with Gasteiger partial charge in [0.25, 0.3) is 0 Å². The van der Waals surface area contributed by atoms with Gasteiger partial charge in [0.1, 0.15) is 11.7 Å². The second-order valence-electron chi connectivity index (χ2n) is 3.23. The minimum atomic E-state index is 0.0541. The predicted octanol–water partition coefficient (Wildman–Crippen LogP) is -0.728. The van der Waals surface area contributed by atoms with Gasteiger partial charge in [-0.05, 0) is 6.92 Å². The number of piperidine rings is 1. The number of nitrogens with one attached hydrogen (secondary N) is 1. The van der Waals surface area contributed by atoms with E-state index < -0.39 is 0 Å². The van der Waals surface area contributed by atoms with E-state index in [4.69, 9.17) is 4.74 Å². The van der Waals surface area contributed by atoms with Crippen molar-refractivity contribution < 1.29 is 9.53 Å². The third-order valence-corrected chi connectivity index (χ3v) is 2.79. The van der Waals surface area contributed by atoms with Crippen LogP contribution in [0.15, 0.2) is 0 Å². The van der Waals surface area contributed by atoms with E-state index in [-0.39, 0.29) is 23.5 Å². The predicted molar refractivity (Wildman–Crippen MR) is 28.7 cm³/mol. The van der Waals surface area contributed by atoms with E-state index in [1.807, 2.05) is 0 Å². The summed E-state index contributed by atoms with van der Waals surface area (Å²) in [6.07, 6.45) is 0.274. The van der Waals surface area contributed by atoms with Crippen LogP contribution in [0.2, 0.25) is 0 Å². The number of fused-ring (bicyclic) bond motifs is 4. The molecule has 48 valence electrons. The number of carbonyl (C=O) groups excluding carboxylic acids is 1.